The number of para-hydroxylation sites is 1. The van der Waals surface area contributed by atoms with Crippen LogP contribution >= 0.6 is 11.3 Å². The molecule has 0 bridgehead atoms. The van der Waals surface area contributed by atoms with E-state index in [0.717, 1.165) is 17.8 Å². The summed E-state index contributed by atoms with van der Waals surface area (Å²) in [6.45, 7) is 1.99. The van der Waals surface area contributed by atoms with Crippen molar-refractivity contribution in [1.29, 1.82) is 0 Å². The highest BCUT2D eigenvalue weighted by atomic mass is 32.1. The lowest BCUT2D eigenvalue weighted by Crippen LogP contribution is -2.25. The molecule has 4 rings (SSSR count). The van der Waals surface area contributed by atoms with E-state index < -0.39 is 17.4 Å². The molecule has 2 aromatic heterocycles. The van der Waals surface area contributed by atoms with Crippen LogP contribution in [-0.4, -0.2) is 28.3 Å². The number of aryl methyl sites for hydroxylation is 1. The molecule has 0 unspecified atom stereocenters. The largest absolute Gasteiger partial charge is 0.497 e. The van der Waals surface area contributed by atoms with Crippen LogP contribution in [-0.2, 0) is 6.42 Å². The number of rotatable bonds is 7. The second-order valence-electron chi connectivity index (χ2n) is 7.24. The molecule has 168 valence electrons. The number of aromatic nitrogens is 2. The Labute approximate surface area is 193 Å². The number of nitrogens with one attached hydrogen (secondary N) is 2. The number of benzene rings is 2. The van der Waals surface area contributed by atoms with E-state index in [1.165, 1.54) is 10.5 Å². The van der Waals surface area contributed by atoms with Crippen molar-refractivity contribution in [3.63, 3.8) is 0 Å². The Morgan fingerprint density at radius 3 is 2.33 bits per heavy atom. The highest BCUT2D eigenvalue weighted by molar-refractivity contribution is 7.19. The van der Waals surface area contributed by atoms with E-state index in [2.05, 4.69) is 15.6 Å². The predicted octanol–water partition coefficient (Wildman–Crippen LogP) is 4.22. The zero-order valence-corrected chi connectivity index (χ0v) is 18.9. The molecule has 2 aromatic carbocycles. The first kappa shape index (κ1) is 22.2. The number of hydrogen-bond acceptors (Lipinski definition) is 6. The summed E-state index contributed by atoms with van der Waals surface area (Å²) in [5.74, 6) is -0.439. The Kier molecular flexibility index (Phi) is 6.50. The van der Waals surface area contributed by atoms with Gasteiger partial charge in [-0.2, -0.15) is 0 Å². The molecule has 0 spiro atoms. The van der Waals surface area contributed by atoms with E-state index in [4.69, 9.17) is 4.74 Å². The predicted molar refractivity (Wildman–Crippen MR) is 129 cm³/mol. The Bertz CT molecular complexity index is 1360. The lowest BCUT2D eigenvalue weighted by molar-refractivity contribution is 0.0989. The molecule has 2 N–H and O–H groups in total. The average molecular weight is 463 g/mol. The van der Waals surface area contributed by atoms with E-state index in [9.17, 15) is 14.4 Å². The van der Waals surface area contributed by atoms with Crippen LogP contribution in [0.3, 0.4) is 0 Å². The number of hydrogen-bond donors (Lipinski definition) is 2. The minimum Gasteiger partial charge on any atom is -0.497 e. The summed E-state index contributed by atoms with van der Waals surface area (Å²) in [4.78, 5) is 44.2. The number of ether oxygens (including phenoxy) is 1. The van der Waals surface area contributed by atoms with Gasteiger partial charge in [0.2, 0.25) is 0 Å². The summed E-state index contributed by atoms with van der Waals surface area (Å²) in [6.07, 6.45) is 1.45. The van der Waals surface area contributed by atoms with Crippen molar-refractivity contribution in [2.24, 2.45) is 0 Å². The molecule has 0 radical (unpaired) electrons. The molecular weight excluding hydrogens is 440 g/mol. The molecule has 2 heterocycles. The number of methoxy groups -OCH3 is 1. The van der Waals surface area contributed by atoms with Crippen molar-refractivity contribution in [1.82, 2.24) is 9.38 Å². The van der Waals surface area contributed by atoms with Gasteiger partial charge in [0, 0.05) is 23.1 Å². The monoisotopic (exact) mass is 462 g/mol. The molecule has 0 saturated heterocycles. The van der Waals surface area contributed by atoms with Crippen LogP contribution in [0.5, 0.6) is 5.75 Å². The van der Waals surface area contributed by atoms with Gasteiger partial charge in [-0.15, -0.1) is 0 Å². The summed E-state index contributed by atoms with van der Waals surface area (Å²) in [5, 5.41) is 5.54. The van der Waals surface area contributed by atoms with Crippen molar-refractivity contribution >= 4 is 39.5 Å². The molecule has 0 aliphatic heterocycles. The van der Waals surface area contributed by atoms with Crippen LogP contribution < -0.4 is 20.9 Å². The molecule has 33 heavy (non-hydrogen) atoms. The first-order valence-corrected chi connectivity index (χ1v) is 11.2. The molecule has 2 amide bonds. The SMILES string of the molecule is CCCc1cc(=O)n2c(C(=O)Nc3ccc(OC)cc3)c(C(=O)Nc3ccccc3)sc2n1. The standard InChI is InChI=1S/C24H22N4O4S/c1-3-7-17-14-19(29)28-20(22(30)25-16-10-12-18(32-2)13-11-16)21(33-24(28)27-17)23(31)26-15-8-5-4-6-9-15/h4-6,8-14H,3,7H2,1-2H3,(H,25,30)(H,26,31). The Morgan fingerprint density at radius 2 is 1.67 bits per heavy atom. The van der Waals surface area contributed by atoms with Crippen molar-refractivity contribution < 1.29 is 14.3 Å². The molecule has 4 aromatic rings. The van der Waals surface area contributed by atoms with Gasteiger partial charge in [0.25, 0.3) is 17.4 Å². The number of carbonyl (C=O) groups excluding carboxylic acids is 2. The van der Waals surface area contributed by atoms with Crippen molar-refractivity contribution in [3.8, 4) is 5.75 Å². The minimum absolute atomic E-state index is 0.0557. The first-order valence-electron chi connectivity index (χ1n) is 10.4. The summed E-state index contributed by atoms with van der Waals surface area (Å²) >= 11 is 1.01. The highest BCUT2D eigenvalue weighted by Crippen LogP contribution is 2.24. The van der Waals surface area contributed by atoms with Crippen LogP contribution in [0.2, 0.25) is 0 Å². The second kappa shape index (κ2) is 9.66. The van der Waals surface area contributed by atoms with Gasteiger partial charge >= 0.3 is 0 Å². The molecule has 8 nitrogen and oxygen atoms in total. The van der Waals surface area contributed by atoms with E-state index >= 15 is 0 Å². The smallest absolute Gasteiger partial charge is 0.274 e. The normalized spacial score (nSPS) is 10.7. The van der Waals surface area contributed by atoms with E-state index in [-0.39, 0.29) is 10.6 Å². The molecule has 0 fully saturated rings. The van der Waals surface area contributed by atoms with E-state index in [0.29, 0.717) is 34.2 Å². The van der Waals surface area contributed by atoms with Gasteiger partial charge in [-0.1, -0.05) is 42.9 Å². The Hall–Kier alpha value is -3.98. The third kappa shape index (κ3) is 4.78. The van der Waals surface area contributed by atoms with Gasteiger partial charge in [-0.25, -0.2) is 9.38 Å². The quantitative estimate of drug-likeness (QED) is 0.428. The Morgan fingerprint density at radius 1 is 1.00 bits per heavy atom. The number of fused-ring (bicyclic) bond motifs is 1. The number of nitrogens with zero attached hydrogens (tertiary/aromatic N) is 2. The number of anilines is 2. The third-order valence-electron chi connectivity index (χ3n) is 4.88. The van der Waals surface area contributed by atoms with E-state index in [1.807, 2.05) is 13.0 Å². The fourth-order valence-electron chi connectivity index (χ4n) is 3.34. The van der Waals surface area contributed by atoms with Crippen LogP contribution in [0, 0.1) is 0 Å². The fraction of sp³-hybridized carbons (Fsp3) is 0.167. The van der Waals surface area contributed by atoms with Crippen LogP contribution in [0.15, 0.2) is 65.5 Å². The minimum atomic E-state index is -0.586. The number of carbonyl (C=O) groups is 2. The summed E-state index contributed by atoms with van der Waals surface area (Å²) in [5.41, 5.74) is 1.24. The van der Waals surface area contributed by atoms with Gasteiger partial charge in [0.15, 0.2) is 4.96 Å². The maximum absolute atomic E-state index is 13.3. The lowest BCUT2D eigenvalue weighted by Gasteiger charge is -2.09. The lowest BCUT2D eigenvalue weighted by atomic mass is 10.2. The van der Waals surface area contributed by atoms with Crippen molar-refractivity contribution in [2.45, 2.75) is 19.8 Å². The summed E-state index contributed by atoms with van der Waals surface area (Å²) in [6, 6.07) is 17.1. The molecule has 0 atom stereocenters. The summed E-state index contributed by atoms with van der Waals surface area (Å²) in [7, 11) is 1.55. The Balaban J connectivity index is 1.78. The third-order valence-corrected chi connectivity index (χ3v) is 5.92. The van der Waals surface area contributed by atoms with Crippen molar-refractivity contribution in [3.05, 3.63) is 87.3 Å². The van der Waals surface area contributed by atoms with Gasteiger partial charge in [0.05, 0.1) is 7.11 Å². The second-order valence-corrected chi connectivity index (χ2v) is 8.21. The highest BCUT2D eigenvalue weighted by Gasteiger charge is 2.26. The van der Waals surface area contributed by atoms with E-state index in [1.54, 1.807) is 55.6 Å². The van der Waals surface area contributed by atoms with Gasteiger partial charge in [0.1, 0.15) is 16.3 Å². The van der Waals surface area contributed by atoms with Crippen LogP contribution in [0.25, 0.3) is 4.96 Å². The zero-order valence-electron chi connectivity index (χ0n) is 18.1. The molecule has 9 heteroatoms. The maximum Gasteiger partial charge on any atom is 0.274 e. The van der Waals surface area contributed by atoms with Crippen LogP contribution in [0.1, 0.15) is 39.2 Å². The van der Waals surface area contributed by atoms with Gasteiger partial charge in [-0.05, 0) is 42.8 Å². The maximum atomic E-state index is 13.3. The average Bonchev–Trinajstić information content (AvgIpc) is 3.21. The van der Waals surface area contributed by atoms with Crippen molar-refractivity contribution in [2.75, 3.05) is 17.7 Å². The topological polar surface area (TPSA) is 102 Å². The molecular formula is C24H22N4O4S. The number of amides is 2. The van der Waals surface area contributed by atoms with Gasteiger partial charge in [-0.3, -0.25) is 14.4 Å². The molecule has 0 aliphatic carbocycles. The number of thiazole rings is 1. The van der Waals surface area contributed by atoms with Crippen LogP contribution in [0.4, 0.5) is 11.4 Å². The fourth-order valence-corrected chi connectivity index (χ4v) is 4.38. The molecule has 0 aliphatic rings. The molecule has 0 saturated carbocycles. The zero-order chi connectivity index (χ0) is 23.4. The first-order chi connectivity index (χ1) is 16.0. The van der Waals surface area contributed by atoms with Gasteiger partial charge < -0.3 is 15.4 Å². The summed E-state index contributed by atoms with van der Waals surface area (Å²) < 4.78 is 6.34.